The van der Waals surface area contributed by atoms with Crippen LogP contribution < -0.4 is 5.32 Å². The van der Waals surface area contributed by atoms with Gasteiger partial charge >= 0.3 is 0 Å². The van der Waals surface area contributed by atoms with Crippen LogP contribution in [-0.2, 0) is 13.5 Å². The van der Waals surface area contributed by atoms with Gasteiger partial charge in [0.15, 0.2) is 0 Å². The van der Waals surface area contributed by atoms with Gasteiger partial charge in [0.05, 0.1) is 11.3 Å². The molecule has 0 aromatic carbocycles. The summed E-state index contributed by atoms with van der Waals surface area (Å²) in [4.78, 5) is 12.3. The first-order valence-corrected chi connectivity index (χ1v) is 7.56. The number of carbonyl (C=O) groups excluding carboxylic acids is 1. The maximum Gasteiger partial charge on any atom is 0.254 e. The topological polar surface area (TPSA) is 46.9 Å². The van der Waals surface area contributed by atoms with Crippen molar-refractivity contribution in [3.05, 3.63) is 17.5 Å². The molecule has 1 N–H and O–H groups in total. The van der Waals surface area contributed by atoms with Gasteiger partial charge in [-0.1, -0.05) is 13.3 Å². The smallest absolute Gasteiger partial charge is 0.254 e. The minimum Gasteiger partial charge on any atom is -0.349 e. The second kappa shape index (κ2) is 6.42. The minimum absolute atomic E-state index is 0.00479. The Kier molecular flexibility index (Phi) is 4.86. The molecule has 1 heterocycles. The zero-order chi connectivity index (χ0) is 13.8. The number of amides is 1. The van der Waals surface area contributed by atoms with E-state index in [0.717, 1.165) is 31.4 Å². The molecule has 2 atom stereocenters. The summed E-state index contributed by atoms with van der Waals surface area (Å²) in [6, 6.07) is 0.259. The summed E-state index contributed by atoms with van der Waals surface area (Å²) in [5.41, 5.74) is 1.57. The average Bonchev–Trinajstić information content (AvgIpc) is 2.80. The number of hydrogen-bond acceptors (Lipinski definition) is 2. The normalized spacial score (nSPS) is 23.3. The summed E-state index contributed by atoms with van der Waals surface area (Å²) in [6.07, 6.45) is 6.96. The maximum atomic E-state index is 12.3. The Bertz CT molecular complexity index is 444. The lowest BCUT2D eigenvalue weighted by molar-refractivity contribution is 0.0920. The van der Waals surface area contributed by atoms with Crippen molar-refractivity contribution in [1.29, 1.82) is 0 Å². The van der Waals surface area contributed by atoms with Crippen LogP contribution in [0.15, 0.2) is 6.20 Å². The first-order chi connectivity index (χ1) is 9.13. The van der Waals surface area contributed by atoms with E-state index < -0.39 is 0 Å². The summed E-state index contributed by atoms with van der Waals surface area (Å²) in [5, 5.41) is 7.45. The molecule has 1 aromatic rings. The third-order valence-corrected chi connectivity index (χ3v) is 4.26. The molecule has 1 aliphatic rings. The number of halogens is 1. The van der Waals surface area contributed by atoms with Crippen molar-refractivity contribution in [2.24, 2.45) is 13.0 Å². The molecule has 0 saturated heterocycles. The molecule has 19 heavy (non-hydrogen) atoms. The van der Waals surface area contributed by atoms with Crippen molar-refractivity contribution in [3.8, 4) is 0 Å². The van der Waals surface area contributed by atoms with Gasteiger partial charge in [-0.15, -0.1) is 11.6 Å². The third-order valence-electron chi connectivity index (χ3n) is 3.82. The van der Waals surface area contributed by atoms with E-state index in [2.05, 4.69) is 10.4 Å². The van der Waals surface area contributed by atoms with Crippen LogP contribution in [-0.4, -0.2) is 27.6 Å². The molecule has 4 nitrogen and oxygen atoms in total. The molecule has 2 unspecified atom stereocenters. The molecule has 1 saturated carbocycles. The number of aryl methyl sites for hydroxylation is 2. The van der Waals surface area contributed by atoms with Gasteiger partial charge in [-0.25, -0.2) is 0 Å². The van der Waals surface area contributed by atoms with Gasteiger partial charge in [0.2, 0.25) is 0 Å². The fourth-order valence-electron chi connectivity index (χ4n) is 2.81. The second-order valence-electron chi connectivity index (χ2n) is 5.37. The lowest BCUT2D eigenvalue weighted by atomic mass is 9.87. The molecule has 5 heteroatoms. The van der Waals surface area contributed by atoms with Gasteiger partial charge in [-0.2, -0.15) is 5.10 Å². The van der Waals surface area contributed by atoms with E-state index in [1.54, 1.807) is 10.9 Å². The number of nitrogens with zero attached hydrogens (tertiary/aromatic N) is 2. The Balaban J connectivity index is 2.00. The molecule has 1 aromatic heterocycles. The molecule has 1 amide bonds. The Morgan fingerprint density at radius 3 is 3.05 bits per heavy atom. The maximum absolute atomic E-state index is 12.3. The first-order valence-electron chi connectivity index (χ1n) is 7.03. The van der Waals surface area contributed by atoms with Crippen LogP contribution in [0.3, 0.4) is 0 Å². The zero-order valence-electron chi connectivity index (χ0n) is 11.7. The molecular weight excluding hydrogens is 262 g/mol. The third kappa shape index (κ3) is 3.50. The van der Waals surface area contributed by atoms with Crippen molar-refractivity contribution in [2.45, 2.75) is 45.1 Å². The molecule has 0 aliphatic heterocycles. The van der Waals surface area contributed by atoms with Gasteiger partial charge in [-0.3, -0.25) is 9.48 Å². The number of rotatable bonds is 4. The van der Waals surface area contributed by atoms with E-state index in [1.165, 1.54) is 6.42 Å². The van der Waals surface area contributed by atoms with Crippen LogP contribution in [0.4, 0.5) is 0 Å². The van der Waals surface area contributed by atoms with E-state index in [0.29, 0.717) is 17.4 Å². The molecule has 0 bridgehead atoms. The van der Waals surface area contributed by atoms with E-state index in [4.69, 9.17) is 11.6 Å². The lowest BCUT2D eigenvalue weighted by Crippen LogP contribution is -2.38. The first kappa shape index (κ1) is 14.4. The van der Waals surface area contributed by atoms with Gasteiger partial charge in [0, 0.05) is 25.2 Å². The molecule has 1 fully saturated rings. The molecule has 1 aliphatic carbocycles. The van der Waals surface area contributed by atoms with Crippen LogP contribution in [0.25, 0.3) is 0 Å². The Labute approximate surface area is 119 Å². The highest BCUT2D eigenvalue weighted by Crippen LogP contribution is 2.25. The van der Waals surface area contributed by atoms with Gasteiger partial charge in [-0.05, 0) is 31.6 Å². The number of hydrogen-bond donors (Lipinski definition) is 1. The van der Waals surface area contributed by atoms with Gasteiger partial charge in [0.25, 0.3) is 5.91 Å². The van der Waals surface area contributed by atoms with Crippen molar-refractivity contribution in [3.63, 3.8) is 0 Å². The lowest BCUT2D eigenvalue weighted by Gasteiger charge is -2.28. The molecule has 106 valence electrons. The Morgan fingerprint density at radius 2 is 2.37 bits per heavy atom. The second-order valence-corrected chi connectivity index (χ2v) is 5.68. The van der Waals surface area contributed by atoms with Crippen molar-refractivity contribution in [1.82, 2.24) is 15.1 Å². The van der Waals surface area contributed by atoms with Crippen molar-refractivity contribution >= 4 is 17.5 Å². The fraction of sp³-hybridized carbons (Fsp3) is 0.714. The van der Waals surface area contributed by atoms with Crippen LogP contribution in [0.1, 0.15) is 48.7 Å². The summed E-state index contributed by atoms with van der Waals surface area (Å²) in [5.74, 6) is 1.24. The highest BCUT2D eigenvalue weighted by Gasteiger charge is 2.24. The minimum atomic E-state index is 0.00479. The Morgan fingerprint density at radius 1 is 1.58 bits per heavy atom. The number of carbonyl (C=O) groups is 1. The summed E-state index contributed by atoms with van der Waals surface area (Å²) in [6.45, 7) is 2.02. The highest BCUT2D eigenvalue weighted by molar-refractivity contribution is 6.18. The summed E-state index contributed by atoms with van der Waals surface area (Å²) in [7, 11) is 1.85. The monoisotopic (exact) mass is 283 g/mol. The highest BCUT2D eigenvalue weighted by atomic mass is 35.5. The predicted octanol–water partition coefficient (Wildman–Crippen LogP) is 2.51. The average molecular weight is 284 g/mol. The van der Waals surface area contributed by atoms with Crippen LogP contribution in [0, 0.1) is 5.92 Å². The number of alkyl halides is 1. The summed E-state index contributed by atoms with van der Waals surface area (Å²) >= 11 is 5.92. The van der Waals surface area contributed by atoms with E-state index in [-0.39, 0.29) is 11.9 Å². The van der Waals surface area contributed by atoms with E-state index >= 15 is 0 Å². The van der Waals surface area contributed by atoms with E-state index in [1.807, 2.05) is 14.0 Å². The predicted molar refractivity (Wildman–Crippen MR) is 76.5 cm³/mol. The van der Waals surface area contributed by atoms with Crippen LogP contribution in [0.2, 0.25) is 0 Å². The zero-order valence-corrected chi connectivity index (χ0v) is 12.4. The molecular formula is C14H22ClN3O. The fourth-order valence-corrected chi connectivity index (χ4v) is 3.09. The van der Waals surface area contributed by atoms with Crippen molar-refractivity contribution in [2.75, 3.05) is 5.88 Å². The largest absolute Gasteiger partial charge is 0.349 e. The van der Waals surface area contributed by atoms with Gasteiger partial charge in [0.1, 0.15) is 0 Å². The van der Waals surface area contributed by atoms with Crippen molar-refractivity contribution < 1.29 is 4.79 Å². The van der Waals surface area contributed by atoms with Crippen LogP contribution >= 0.6 is 11.6 Å². The quantitative estimate of drug-likeness (QED) is 0.863. The number of nitrogens with one attached hydrogen (secondary N) is 1. The molecule has 2 rings (SSSR count). The summed E-state index contributed by atoms with van der Waals surface area (Å²) < 4.78 is 1.70. The molecule has 0 spiro atoms. The van der Waals surface area contributed by atoms with Crippen LogP contribution in [0.5, 0.6) is 0 Å². The number of aromatic nitrogens is 2. The van der Waals surface area contributed by atoms with E-state index in [9.17, 15) is 4.79 Å². The Hall–Kier alpha value is -1.03. The SMILES string of the molecule is CCc1nn(C)cc1C(=O)NC1CCCC(CCl)C1. The standard InChI is InChI=1S/C14H22ClN3O/c1-3-13-12(9-18(2)17-13)14(19)16-11-6-4-5-10(7-11)8-15/h9-11H,3-8H2,1-2H3,(H,16,19). The van der Waals surface area contributed by atoms with Gasteiger partial charge < -0.3 is 5.32 Å². The molecule has 0 radical (unpaired) electrons.